The number of thiophene rings is 1. The fourth-order valence-corrected chi connectivity index (χ4v) is 5.22. The van der Waals surface area contributed by atoms with Gasteiger partial charge in [-0.25, -0.2) is 4.98 Å². The first-order chi connectivity index (χ1) is 12.7. The zero-order chi connectivity index (χ0) is 17.7. The predicted octanol–water partition coefficient (Wildman–Crippen LogP) is 1.97. The van der Waals surface area contributed by atoms with Crippen molar-refractivity contribution in [2.24, 2.45) is 5.92 Å². The molecule has 2 amide bonds. The Kier molecular flexibility index (Phi) is 3.94. The van der Waals surface area contributed by atoms with Gasteiger partial charge in [0, 0.05) is 49.2 Å². The van der Waals surface area contributed by atoms with Gasteiger partial charge in [0.2, 0.25) is 0 Å². The van der Waals surface area contributed by atoms with Gasteiger partial charge in [-0.05, 0) is 37.8 Å². The topological polar surface area (TPSA) is 65.5 Å². The van der Waals surface area contributed by atoms with E-state index in [1.54, 1.807) is 12.3 Å². The summed E-state index contributed by atoms with van der Waals surface area (Å²) in [5.41, 5.74) is 1.10. The second-order valence-electron chi connectivity index (χ2n) is 7.68. The standard InChI is InChI=1S/C19H22N4O2S/c24-18(21-13-6-12-2-5-22(9-12)10-13)16-7-14-15(11-26-17(14)8-20-16)19(25)23-3-1-4-23/h7-8,11-13H,1-6,9-10H2,(H,21,24)/t12-,13-/m1/s1. The Labute approximate surface area is 156 Å². The molecular formula is C19H22N4O2S. The molecular weight excluding hydrogens is 348 g/mol. The van der Waals surface area contributed by atoms with Crippen molar-refractivity contribution >= 4 is 33.2 Å². The summed E-state index contributed by atoms with van der Waals surface area (Å²) in [5, 5.41) is 5.89. The molecule has 0 radical (unpaired) electrons. The zero-order valence-corrected chi connectivity index (χ0v) is 15.4. The van der Waals surface area contributed by atoms with Gasteiger partial charge in [-0.15, -0.1) is 11.3 Å². The predicted molar refractivity (Wildman–Crippen MR) is 101 cm³/mol. The Hall–Kier alpha value is -1.99. The Morgan fingerprint density at radius 2 is 2.12 bits per heavy atom. The molecule has 0 aliphatic carbocycles. The van der Waals surface area contributed by atoms with Gasteiger partial charge >= 0.3 is 0 Å². The van der Waals surface area contributed by atoms with Crippen LogP contribution in [-0.2, 0) is 0 Å². The summed E-state index contributed by atoms with van der Waals surface area (Å²) in [6.45, 7) is 4.91. The summed E-state index contributed by atoms with van der Waals surface area (Å²) in [7, 11) is 0. The fourth-order valence-electron chi connectivity index (χ4n) is 4.34. The molecule has 5 heterocycles. The molecule has 3 aliphatic heterocycles. The van der Waals surface area contributed by atoms with Gasteiger partial charge in [-0.2, -0.15) is 0 Å². The number of carbonyl (C=O) groups excluding carboxylic acids is 2. The largest absolute Gasteiger partial charge is 0.347 e. The minimum Gasteiger partial charge on any atom is -0.347 e. The van der Waals surface area contributed by atoms with Crippen LogP contribution >= 0.6 is 11.3 Å². The van der Waals surface area contributed by atoms with Crippen molar-refractivity contribution in [2.45, 2.75) is 25.3 Å². The van der Waals surface area contributed by atoms with E-state index >= 15 is 0 Å². The zero-order valence-electron chi connectivity index (χ0n) is 14.6. The smallest absolute Gasteiger partial charge is 0.270 e. The molecule has 2 aromatic heterocycles. The van der Waals surface area contributed by atoms with E-state index in [2.05, 4.69) is 15.2 Å². The van der Waals surface area contributed by atoms with Crippen LogP contribution in [0.25, 0.3) is 10.1 Å². The minimum atomic E-state index is -0.132. The van der Waals surface area contributed by atoms with Gasteiger partial charge in [0.05, 0.1) is 10.3 Å². The molecule has 26 heavy (non-hydrogen) atoms. The van der Waals surface area contributed by atoms with Gasteiger partial charge in [-0.3, -0.25) is 9.59 Å². The number of fused-ring (bicyclic) bond motifs is 3. The Morgan fingerprint density at radius 1 is 1.23 bits per heavy atom. The third kappa shape index (κ3) is 2.79. The maximum atomic E-state index is 12.7. The van der Waals surface area contributed by atoms with Crippen LogP contribution in [-0.4, -0.2) is 65.4 Å². The Bertz CT molecular complexity index is 864. The maximum Gasteiger partial charge on any atom is 0.270 e. The number of rotatable bonds is 3. The molecule has 0 saturated carbocycles. The lowest BCUT2D eigenvalue weighted by atomic mass is 9.97. The molecule has 7 heteroatoms. The van der Waals surface area contributed by atoms with Crippen LogP contribution in [0.15, 0.2) is 17.6 Å². The molecule has 1 N–H and O–H groups in total. The van der Waals surface area contributed by atoms with Crippen LogP contribution in [0, 0.1) is 5.92 Å². The van der Waals surface area contributed by atoms with Gasteiger partial charge < -0.3 is 15.1 Å². The van der Waals surface area contributed by atoms with Crippen molar-refractivity contribution in [1.82, 2.24) is 20.1 Å². The summed E-state index contributed by atoms with van der Waals surface area (Å²) in [6.07, 6.45) is 5.09. The second-order valence-corrected chi connectivity index (χ2v) is 8.59. The van der Waals surface area contributed by atoms with Crippen molar-refractivity contribution in [3.05, 3.63) is 28.9 Å². The number of hydrogen-bond acceptors (Lipinski definition) is 5. The highest BCUT2D eigenvalue weighted by molar-refractivity contribution is 7.17. The molecule has 136 valence electrons. The van der Waals surface area contributed by atoms with Crippen LogP contribution in [0.5, 0.6) is 0 Å². The summed E-state index contributed by atoms with van der Waals surface area (Å²) >= 11 is 1.51. The molecule has 3 atom stereocenters. The third-order valence-electron chi connectivity index (χ3n) is 5.87. The van der Waals surface area contributed by atoms with E-state index in [0.717, 1.165) is 49.1 Å². The Morgan fingerprint density at radius 3 is 2.88 bits per heavy atom. The van der Waals surface area contributed by atoms with E-state index in [-0.39, 0.29) is 17.9 Å². The molecule has 1 unspecified atom stereocenters. The average Bonchev–Trinajstić information content (AvgIpc) is 3.15. The van der Waals surface area contributed by atoms with Crippen molar-refractivity contribution in [3.63, 3.8) is 0 Å². The summed E-state index contributed by atoms with van der Waals surface area (Å²) in [4.78, 5) is 33.9. The SMILES string of the molecule is O=C(N[C@@H]1C[C@H]2CCN(C2)C1)c1cc2c(C(=O)N3CCC3)csc2cn1. The van der Waals surface area contributed by atoms with Crippen LogP contribution in [0.3, 0.4) is 0 Å². The maximum absolute atomic E-state index is 12.7. The molecule has 0 aromatic carbocycles. The number of nitrogens with zero attached hydrogens (tertiary/aromatic N) is 3. The minimum absolute atomic E-state index is 0.0664. The molecule has 2 aromatic rings. The second kappa shape index (κ2) is 6.32. The molecule has 0 spiro atoms. The van der Waals surface area contributed by atoms with E-state index in [9.17, 15) is 9.59 Å². The summed E-state index contributed by atoms with van der Waals surface area (Å²) < 4.78 is 0.951. The molecule has 3 aliphatic rings. The van der Waals surface area contributed by atoms with Crippen molar-refractivity contribution in [3.8, 4) is 0 Å². The highest BCUT2D eigenvalue weighted by atomic mass is 32.1. The number of nitrogens with one attached hydrogen (secondary N) is 1. The van der Waals surface area contributed by atoms with Crippen molar-refractivity contribution < 1.29 is 9.59 Å². The van der Waals surface area contributed by atoms with E-state index in [1.165, 1.54) is 24.3 Å². The van der Waals surface area contributed by atoms with Crippen molar-refractivity contribution in [2.75, 3.05) is 32.7 Å². The first-order valence-electron chi connectivity index (χ1n) is 9.37. The number of pyridine rings is 1. The summed E-state index contributed by atoms with van der Waals surface area (Å²) in [5.74, 6) is 0.645. The van der Waals surface area contributed by atoms with Crippen molar-refractivity contribution in [1.29, 1.82) is 0 Å². The molecule has 3 saturated heterocycles. The number of carbonyl (C=O) groups is 2. The van der Waals surface area contributed by atoms with Gasteiger partial charge in [0.15, 0.2) is 0 Å². The number of piperidine rings is 1. The lowest BCUT2D eigenvalue weighted by Crippen LogP contribution is -2.47. The lowest BCUT2D eigenvalue weighted by molar-refractivity contribution is 0.0654. The first kappa shape index (κ1) is 16.2. The lowest BCUT2D eigenvalue weighted by Gasteiger charge is -2.30. The fraction of sp³-hybridized carbons (Fsp3) is 0.526. The van der Waals surface area contributed by atoms with Crippen LogP contribution in [0.1, 0.15) is 40.1 Å². The first-order valence-corrected chi connectivity index (χ1v) is 10.2. The van der Waals surface area contributed by atoms with Gasteiger partial charge in [0.25, 0.3) is 11.8 Å². The van der Waals surface area contributed by atoms with Gasteiger partial charge in [-0.1, -0.05) is 0 Å². The number of hydrogen-bond donors (Lipinski definition) is 1. The molecule has 5 rings (SSSR count). The number of aromatic nitrogens is 1. The number of likely N-dealkylation sites (tertiary alicyclic amines) is 1. The van der Waals surface area contributed by atoms with E-state index in [4.69, 9.17) is 0 Å². The molecule has 3 fully saturated rings. The van der Waals surface area contributed by atoms with Crippen LogP contribution < -0.4 is 5.32 Å². The highest BCUT2D eigenvalue weighted by Crippen LogP contribution is 2.29. The molecule has 2 bridgehead atoms. The monoisotopic (exact) mass is 370 g/mol. The van der Waals surface area contributed by atoms with Crippen LogP contribution in [0.2, 0.25) is 0 Å². The molecule has 6 nitrogen and oxygen atoms in total. The van der Waals surface area contributed by atoms with Gasteiger partial charge in [0.1, 0.15) is 5.69 Å². The van der Waals surface area contributed by atoms with E-state index in [0.29, 0.717) is 17.2 Å². The average molecular weight is 370 g/mol. The third-order valence-corrected chi connectivity index (χ3v) is 6.80. The van der Waals surface area contributed by atoms with E-state index in [1.807, 2.05) is 10.3 Å². The quantitative estimate of drug-likeness (QED) is 0.897. The highest BCUT2D eigenvalue weighted by Gasteiger charge is 2.33. The van der Waals surface area contributed by atoms with E-state index < -0.39 is 0 Å². The van der Waals surface area contributed by atoms with Crippen LogP contribution in [0.4, 0.5) is 0 Å². The summed E-state index contributed by atoms with van der Waals surface area (Å²) in [6, 6.07) is 1.98. The normalized spacial score (nSPS) is 27.4. The number of amides is 2. The Balaban J connectivity index is 1.36.